The van der Waals surface area contributed by atoms with Gasteiger partial charge < -0.3 is 0 Å². The maximum Gasteiger partial charge on any atom is 0.229 e. The highest BCUT2D eigenvalue weighted by Gasteiger charge is 2.51. The van der Waals surface area contributed by atoms with Gasteiger partial charge in [-0.2, -0.15) is 0 Å². The minimum Gasteiger partial charge on any atom is -0.298 e. The number of hydrogen-bond acceptors (Lipinski definition) is 4. The van der Waals surface area contributed by atoms with Crippen molar-refractivity contribution in [3.05, 3.63) is 0 Å². The van der Waals surface area contributed by atoms with Gasteiger partial charge in [0.1, 0.15) is 0 Å². The largest absolute Gasteiger partial charge is 0.298 e. The van der Waals surface area contributed by atoms with Crippen molar-refractivity contribution in [1.82, 2.24) is 0 Å². The molecule has 0 saturated carbocycles. The molecule has 1 atom stereocenters. The molecule has 0 aliphatic carbocycles. The predicted molar refractivity (Wildman–Crippen MR) is 63.2 cm³/mol. The van der Waals surface area contributed by atoms with Crippen LogP contribution in [0.5, 0.6) is 0 Å². The van der Waals surface area contributed by atoms with Crippen molar-refractivity contribution in [2.45, 2.75) is 47.0 Å². The molecule has 0 aromatic heterocycles. The summed E-state index contributed by atoms with van der Waals surface area (Å²) in [5.74, 6) is -2.46. The van der Waals surface area contributed by atoms with Crippen molar-refractivity contribution in [3.8, 4) is 0 Å². The highest BCUT2D eigenvalue weighted by atomic mass is 16.2. The summed E-state index contributed by atoms with van der Waals surface area (Å²) in [6.45, 7) is 6.41. The standard InChI is InChI=1S/C13H19O4/c1-5-7-11(16)13(8-14,10(15)6-2)12(17)9(3)4/h9H,5-7H2,1-4H3. The van der Waals surface area contributed by atoms with Crippen LogP contribution in [-0.2, 0) is 19.2 Å². The van der Waals surface area contributed by atoms with E-state index in [4.69, 9.17) is 0 Å². The maximum atomic E-state index is 12.0. The van der Waals surface area contributed by atoms with E-state index in [1.54, 1.807) is 20.8 Å². The molecule has 1 unspecified atom stereocenters. The van der Waals surface area contributed by atoms with Gasteiger partial charge in [0.15, 0.2) is 17.3 Å². The average molecular weight is 239 g/mol. The molecule has 0 aromatic rings. The first-order chi connectivity index (χ1) is 7.88. The molecule has 0 amide bonds. The molecule has 95 valence electrons. The van der Waals surface area contributed by atoms with E-state index >= 15 is 0 Å². The molecule has 1 radical (unpaired) electrons. The summed E-state index contributed by atoms with van der Waals surface area (Å²) in [5, 5.41) is 0. The van der Waals surface area contributed by atoms with E-state index in [1.165, 1.54) is 13.2 Å². The third-order valence-electron chi connectivity index (χ3n) is 2.68. The first kappa shape index (κ1) is 15.7. The van der Waals surface area contributed by atoms with Gasteiger partial charge in [-0.15, -0.1) is 0 Å². The number of ketones is 3. The van der Waals surface area contributed by atoms with Crippen molar-refractivity contribution in [3.63, 3.8) is 0 Å². The van der Waals surface area contributed by atoms with Crippen LogP contribution in [0, 0.1) is 11.3 Å². The second kappa shape index (κ2) is 6.42. The lowest BCUT2D eigenvalue weighted by molar-refractivity contribution is -0.145. The van der Waals surface area contributed by atoms with E-state index < -0.39 is 28.7 Å². The average Bonchev–Trinajstić information content (AvgIpc) is 2.30. The van der Waals surface area contributed by atoms with Crippen LogP contribution in [0.3, 0.4) is 0 Å². The number of carbonyl (C=O) groups is 3. The molecule has 0 aromatic carbocycles. The van der Waals surface area contributed by atoms with Crippen LogP contribution < -0.4 is 0 Å². The molecule has 4 nitrogen and oxygen atoms in total. The van der Waals surface area contributed by atoms with E-state index in [2.05, 4.69) is 0 Å². The molecule has 0 spiro atoms. The van der Waals surface area contributed by atoms with E-state index in [9.17, 15) is 19.2 Å². The minimum atomic E-state index is -2.18. The second-order valence-corrected chi connectivity index (χ2v) is 4.32. The van der Waals surface area contributed by atoms with Crippen molar-refractivity contribution in [2.24, 2.45) is 11.3 Å². The van der Waals surface area contributed by atoms with Gasteiger partial charge in [0.05, 0.1) is 0 Å². The fourth-order valence-corrected chi connectivity index (χ4v) is 1.71. The highest BCUT2D eigenvalue weighted by Crippen LogP contribution is 2.26. The Balaban J connectivity index is 5.61. The Kier molecular flexibility index (Phi) is 5.93. The normalized spacial score (nSPS) is 14.2. The van der Waals surface area contributed by atoms with Gasteiger partial charge in [0.25, 0.3) is 0 Å². The zero-order chi connectivity index (χ0) is 13.6. The Morgan fingerprint density at radius 1 is 1.12 bits per heavy atom. The van der Waals surface area contributed by atoms with Crippen LogP contribution >= 0.6 is 0 Å². The first-order valence-electron chi connectivity index (χ1n) is 5.88. The highest BCUT2D eigenvalue weighted by molar-refractivity contribution is 6.34. The van der Waals surface area contributed by atoms with Crippen LogP contribution in [0.4, 0.5) is 0 Å². The van der Waals surface area contributed by atoms with Crippen molar-refractivity contribution < 1.29 is 19.2 Å². The minimum absolute atomic E-state index is 0.0246. The number of rotatable bonds is 8. The lowest BCUT2D eigenvalue weighted by atomic mass is 9.71. The molecule has 0 aliphatic heterocycles. The molecule has 0 aliphatic rings. The molecule has 0 fully saturated rings. The molecule has 0 heterocycles. The Morgan fingerprint density at radius 3 is 1.94 bits per heavy atom. The summed E-state index contributed by atoms with van der Waals surface area (Å²) in [4.78, 5) is 46.9. The summed E-state index contributed by atoms with van der Waals surface area (Å²) in [5.41, 5.74) is -2.18. The predicted octanol–water partition coefficient (Wildman–Crippen LogP) is 1.66. The van der Waals surface area contributed by atoms with Crippen LogP contribution in [0.15, 0.2) is 0 Å². The van der Waals surface area contributed by atoms with Gasteiger partial charge in [0.2, 0.25) is 11.7 Å². The SMILES string of the molecule is CCCC(=O)C([C]=O)(C(=O)CC)C(=O)C(C)C. The summed E-state index contributed by atoms with van der Waals surface area (Å²) in [6.07, 6.45) is 1.94. The Bertz CT molecular complexity index is 330. The van der Waals surface area contributed by atoms with E-state index in [0.717, 1.165) is 0 Å². The number of hydrogen-bond donors (Lipinski definition) is 0. The van der Waals surface area contributed by atoms with E-state index in [1.807, 2.05) is 0 Å². The van der Waals surface area contributed by atoms with Crippen LogP contribution in [0.25, 0.3) is 0 Å². The molecule has 17 heavy (non-hydrogen) atoms. The Hall–Kier alpha value is -1.32. The van der Waals surface area contributed by atoms with E-state index in [0.29, 0.717) is 6.42 Å². The van der Waals surface area contributed by atoms with Gasteiger partial charge in [0, 0.05) is 18.8 Å². The lowest BCUT2D eigenvalue weighted by Gasteiger charge is -2.24. The summed E-state index contributed by atoms with van der Waals surface area (Å²) >= 11 is 0. The van der Waals surface area contributed by atoms with Crippen LogP contribution in [0.2, 0.25) is 0 Å². The zero-order valence-corrected chi connectivity index (χ0v) is 10.8. The van der Waals surface area contributed by atoms with Crippen molar-refractivity contribution in [2.75, 3.05) is 0 Å². The van der Waals surface area contributed by atoms with E-state index in [-0.39, 0.29) is 12.8 Å². The molecule has 4 heteroatoms. The zero-order valence-electron chi connectivity index (χ0n) is 10.8. The summed E-state index contributed by atoms with van der Waals surface area (Å²) < 4.78 is 0. The fraction of sp³-hybridized carbons (Fsp3) is 0.692. The number of Topliss-reactive ketones (excluding diaryl/α,β-unsaturated/α-hetero) is 3. The van der Waals surface area contributed by atoms with Gasteiger partial charge in [-0.05, 0) is 6.42 Å². The molecule has 0 bridgehead atoms. The van der Waals surface area contributed by atoms with Crippen molar-refractivity contribution >= 4 is 23.6 Å². The Morgan fingerprint density at radius 2 is 1.65 bits per heavy atom. The van der Waals surface area contributed by atoms with Crippen LogP contribution in [-0.4, -0.2) is 23.6 Å². The van der Waals surface area contributed by atoms with Crippen molar-refractivity contribution in [1.29, 1.82) is 0 Å². The molecular weight excluding hydrogens is 220 g/mol. The molecule has 0 saturated heterocycles. The summed E-state index contributed by atoms with van der Waals surface area (Å²) in [6, 6.07) is 0. The third-order valence-corrected chi connectivity index (χ3v) is 2.68. The Labute approximate surface area is 102 Å². The van der Waals surface area contributed by atoms with Gasteiger partial charge in [-0.3, -0.25) is 19.2 Å². The lowest BCUT2D eigenvalue weighted by Crippen LogP contribution is -2.49. The topological polar surface area (TPSA) is 68.3 Å². The molecular formula is C13H19O4. The first-order valence-corrected chi connectivity index (χ1v) is 5.88. The molecule has 0 rings (SSSR count). The quantitative estimate of drug-likeness (QED) is 0.604. The third kappa shape index (κ3) is 2.87. The smallest absolute Gasteiger partial charge is 0.229 e. The summed E-state index contributed by atoms with van der Waals surface area (Å²) in [7, 11) is 0. The monoisotopic (exact) mass is 239 g/mol. The van der Waals surface area contributed by atoms with Crippen LogP contribution in [0.1, 0.15) is 47.0 Å². The number of carbonyl (C=O) groups excluding carboxylic acids is 4. The molecule has 0 N–H and O–H groups in total. The van der Waals surface area contributed by atoms with Gasteiger partial charge >= 0.3 is 0 Å². The van der Waals surface area contributed by atoms with Gasteiger partial charge in [-0.25, -0.2) is 0 Å². The maximum absolute atomic E-state index is 12.0. The second-order valence-electron chi connectivity index (χ2n) is 4.32. The van der Waals surface area contributed by atoms with Gasteiger partial charge in [-0.1, -0.05) is 27.7 Å². The fourth-order valence-electron chi connectivity index (χ4n) is 1.71.